The summed E-state index contributed by atoms with van der Waals surface area (Å²) in [6, 6.07) is 5.14. The zero-order valence-electron chi connectivity index (χ0n) is 9.55. The summed E-state index contributed by atoms with van der Waals surface area (Å²) in [5, 5.41) is 13.1. The summed E-state index contributed by atoms with van der Waals surface area (Å²) >= 11 is 0. The van der Waals surface area contributed by atoms with Gasteiger partial charge in [0.25, 0.3) is 0 Å². The molecule has 0 unspecified atom stereocenters. The molecule has 0 aliphatic heterocycles. The standard InChI is InChI=1S/C11H11FN2O4/c1-2-18-11(15)10(14(16)17)7-13-9-5-3-8(12)4-6-9/h3-7,13H,2H2,1H3/b10-7+. The molecule has 0 saturated heterocycles. The summed E-state index contributed by atoms with van der Waals surface area (Å²) in [7, 11) is 0. The molecule has 1 aromatic rings. The van der Waals surface area contributed by atoms with Crippen molar-refractivity contribution in [2.24, 2.45) is 0 Å². The predicted octanol–water partition coefficient (Wildman–Crippen LogP) is 1.92. The van der Waals surface area contributed by atoms with Crippen LogP contribution < -0.4 is 5.32 Å². The number of nitrogens with one attached hydrogen (secondary N) is 1. The van der Waals surface area contributed by atoms with Crippen molar-refractivity contribution in [1.29, 1.82) is 0 Å². The molecule has 7 heteroatoms. The number of hydrogen-bond donors (Lipinski definition) is 1. The number of ether oxygens (including phenoxy) is 1. The fourth-order valence-electron chi connectivity index (χ4n) is 1.09. The Labute approximate surface area is 102 Å². The van der Waals surface area contributed by atoms with Gasteiger partial charge in [0, 0.05) is 5.69 Å². The first-order valence-electron chi connectivity index (χ1n) is 5.08. The molecular formula is C11H11FN2O4. The van der Waals surface area contributed by atoms with Crippen LogP contribution >= 0.6 is 0 Å². The summed E-state index contributed by atoms with van der Waals surface area (Å²) < 4.78 is 17.1. The highest BCUT2D eigenvalue weighted by Gasteiger charge is 2.23. The lowest BCUT2D eigenvalue weighted by Crippen LogP contribution is -2.16. The van der Waals surface area contributed by atoms with Crippen molar-refractivity contribution in [3.8, 4) is 0 Å². The Morgan fingerprint density at radius 3 is 2.61 bits per heavy atom. The second-order valence-corrected chi connectivity index (χ2v) is 3.16. The van der Waals surface area contributed by atoms with E-state index in [-0.39, 0.29) is 6.61 Å². The van der Waals surface area contributed by atoms with Crippen LogP contribution in [0.25, 0.3) is 0 Å². The number of esters is 1. The van der Waals surface area contributed by atoms with Crippen LogP contribution in [0.3, 0.4) is 0 Å². The lowest BCUT2D eigenvalue weighted by atomic mass is 10.3. The van der Waals surface area contributed by atoms with E-state index in [9.17, 15) is 19.3 Å². The molecule has 0 radical (unpaired) electrons. The largest absolute Gasteiger partial charge is 0.458 e. The molecule has 1 rings (SSSR count). The van der Waals surface area contributed by atoms with Crippen LogP contribution in [0.15, 0.2) is 36.2 Å². The molecule has 0 aliphatic rings. The maximum atomic E-state index is 12.6. The Hall–Kier alpha value is -2.44. The topological polar surface area (TPSA) is 81.5 Å². The molecule has 6 nitrogen and oxygen atoms in total. The highest BCUT2D eigenvalue weighted by atomic mass is 19.1. The van der Waals surface area contributed by atoms with Gasteiger partial charge in [0.05, 0.1) is 17.7 Å². The fourth-order valence-corrected chi connectivity index (χ4v) is 1.09. The number of hydrogen-bond acceptors (Lipinski definition) is 5. The van der Waals surface area contributed by atoms with Gasteiger partial charge in [-0.2, -0.15) is 0 Å². The Kier molecular flexibility index (Phi) is 4.79. The van der Waals surface area contributed by atoms with Crippen molar-refractivity contribution < 1.29 is 18.8 Å². The average molecular weight is 254 g/mol. The monoisotopic (exact) mass is 254 g/mol. The molecule has 0 bridgehead atoms. The molecule has 18 heavy (non-hydrogen) atoms. The third-order valence-electron chi connectivity index (χ3n) is 1.90. The van der Waals surface area contributed by atoms with Gasteiger partial charge in [-0.05, 0) is 31.2 Å². The maximum Gasteiger partial charge on any atom is 0.411 e. The van der Waals surface area contributed by atoms with Gasteiger partial charge in [0.2, 0.25) is 0 Å². The molecule has 0 atom stereocenters. The summed E-state index contributed by atoms with van der Waals surface area (Å²) in [6.45, 7) is 1.59. The number of nitro groups is 1. The third kappa shape index (κ3) is 3.85. The van der Waals surface area contributed by atoms with Gasteiger partial charge in [-0.3, -0.25) is 10.1 Å². The van der Waals surface area contributed by atoms with Crippen LogP contribution in [0.1, 0.15) is 6.92 Å². The third-order valence-corrected chi connectivity index (χ3v) is 1.90. The van der Waals surface area contributed by atoms with Gasteiger partial charge in [0.1, 0.15) is 5.82 Å². The molecule has 1 N–H and O–H groups in total. The van der Waals surface area contributed by atoms with E-state index in [1.54, 1.807) is 6.92 Å². The van der Waals surface area contributed by atoms with E-state index in [2.05, 4.69) is 10.1 Å². The first kappa shape index (κ1) is 13.6. The molecule has 1 aromatic carbocycles. The molecule has 0 saturated carbocycles. The average Bonchev–Trinajstić information content (AvgIpc) is 2.31. The lowest BCUT2D eigenvalue weighted by Gasteiger charge is -2.01. The molecule has 96 valence electrons. The minimum atomic E-state index is -1.03. The molecule has 0 aromatic heterocycles. The first-order chi connectivity index (χ1) is 8.54. The van der Waals surface area contributed by atoms with Crippen molar-refractivity contribution in [3.63, 3.8) is 0 Å². The molecule has 0 fully saturated rings. The second kappa shape index (κ2) is 6.33. The Bertz CT molecular complexity index is 470. The highest BCUT2D eigenvalue weighted by molar-refractivity contribution is 5.86. The van der Waals surface area contributed by atoms with E-state index in [1.807, 2.05) is 0 Å². The minimum Gasteiger partial charge on any atom is -0.458 e. The van der Waals surface area contributed by atoms with Crippen LogP contribution in [-0.4, -0.2) is 17.5 Å². The van der Waals surface area contributed by atoms with E-state index >= 15 is 0 Å². The van der Waals surface area contributed by atoms with Gasteiger partial charge < -0.3 is 10.1 Å². The van der Waals surface area contributed by atoms with Crippen LogP contribution in [-0.2, 0) is 9.53 Å². The normalized spacial score (nSPS) is 10.9. The molecule has 0 amide bonds. The SMILES string of the molecule is CCOC(=O)/C(=C\Nc1ccc(F)cc1)[N+](=O)[O-]. The van der Waals surface area contributed by atoms with Gasteiger partial charge in [-0.15, -0.1) is 0 Å². The number of halogens is 1. The van der Waals surface area contributed by atoms with Crippen LogP contribution in [0.5, 0.6) is 0 Å². The number of anilines is 1. The van der Waals surface area contributed by atoms with Gasteiger partial charge in [-0.1, -0.05) is 0 Å². The first-order valence-corrected chi connectivity index (χ1v) is 5.08. The summed E-state index contributed by atoms with van der Waals surface area (Å²) in [5.74, 6) is -1.46. The quantitative estimate of drug-likeness (QED) is 0.375. The van der Waals surface area contributed by atoms with Gasteiger partial charge in [0.15, 0.2) is 0 Å². The van der Waals surface area contributed by atoms with Crippen LogP contribution in [0.2, 0.25) is 0 Å². The van der Waals surface area contributed by atoms with E-state index < -0.39 is 22.4 Å². The van der Waals surface area contributed by atoms with E-state index in [1.165, 1.54) is 24.3 Å². The molecule has 0 spiro atoms. The van der Waals surface area contributed by atoms with Gasteiger partial charge in [-0.25, -0.2) is 9.18 Å². The second-order valence-electron chi connectivity index (χ2n) is 3.16. The van der Waals surface area contributed by atoms with Crippen molar-refractivity contribution in [3.05, 3.63) is 52.1 Å². The van der Waals surface area contributed by atoms with Crippen molar-refractivity contribution in [2.75, 3.05) is 11.9 Å². The summed E-state index contributed by atoms with van der Waals surface area (Å²) in [5.41, 5.74) is -0.304. The molecule has 0 aliphatic carbocycles. The maximum absolute atomic E-state index is 12.6. The highest BCUT2D eigenvalue weighted by Crippen LogP contribution is 2.09. The number of nitrogens with zero attached hydrogens (tertiary/aromatic N) is 1. The van der Waals surface area contributed by atoms with Crippen molar-refractivity contribution in [1.82, 2.24) is 0 Å². The number of benzene rings is 1. The molecule has 0 heterocycles. The molecular weight excluding hydrogens is 243 g/mol. The van der Waals surface area contributed by atoms with E-state index in [4.69, 9.17) is 0 Å². The smallest absolute Gasteiger partial charge is 0.411 e. The Morgan fingerprint density at radius 1 is 1.50 bits per heavy atom. The van der Waals surface area contributed by atoms with Crippen LogP contribution in [0.4, 0.5) is 10.1 Å². The van der Waals surface area contributed by atoms with Crippen LogP contribution in [0, 0.1) is 15.9 Å². The van der Waals surface area contributed by atoms with Crippen molar-refractivity contribution in [2.45, 2.75) is 6.92 Å². The van der Waals surface area contributed by atoms with E-state index in [0.717, 1.165) is 6.20 Å². The zero-order valence-corrected chi connectivity index (χ0v) is 9.55. The Balaban J connectivity index is 2.80. The Morgan fingerprint density at radius 2 is 2.11 bits per heavy atom. The number of rotatable bonds is 5. The zero-order chi connectivity index (χ0) is 13.5. The number of carbonyl (C=O) groups is 1. The van der Waals surface area contributed by atoms with Gasteiger partial charge >= 0.3 is 11.7 Å². The summed E-state index contributed by atoms with van der Waals surface area (Å²) in [6.07, 6.45) is 0.908. The summed E-state index contributed by atoms with van der Waals surface area (Å²) in [4.78, 5) is 21.0. The number of carbonyl (C=O) groups excluding carboxylic acids is 1. The fraction of sp³-hybridized carbons (Fsp3) is 0.182. The lowest BCUT2D eigenvalue weighted by molar-refractivity contribution is -0.421. The van der Waals surface area contributed by atoms with Crippen molar-refractivity contribution >= 4 is 11.7 Å². The predicted molar refractivity (Wildman–Crippen MR) is 61.7 cm³/mol. The van der Waals surface area contributed by atoms with E-state index in [0.29, 0.717) is 5.69 Å². The minimum absolute atomic E-state index is 0.0422.